The highest BCUT2D eigenvalue weighted by atomic mass is 32.1. The number of carbonyl (C=O) groups excluding carboxylic acids is 3. The number of carbonyl (C=O) groups is 3. The molecule has 0 fully saturated rings. The number of nitrogens with two attached hydrogens (primary N) is 1. The molecule has 8 nitrogen and oxygen atoms in total. The highest BCUT2D eigenvalue weighted by molar-refractivity contribution is 7.16. The second-order valence-electron chi connectivity index (χ2n) is 6.63. The molecule has 2 amide bonds. The van der Waals surface area contributed by atoms with Crippen LogP contribution in [-0.2, 0) is 4.74 Å². The Kier molecular flexibility index (Phi) is 6.02. The van der Waals surface area contributed by atoms with Crippen molar-refractivity contribution in [3.05, 3.63) is 63.3 Å². The van der Waals surface area contributed by atoms with Gasteiger partial charge in [0.05, 0.1) is 29.7 Å². The van der Waals surface area contributed by atoms with Crippen LogP contribution in [0.25, 0.3) is 5.69 Å². The molecule has 2 aromatic heterocycles. The number of benzene rings is 1. The normalized spacial score (nSPS) is 10.7. The molecule has 0 atom stereocenters. The van der Waals surface area contributed by atoms with Crippen LogP contribution in [0.4, 0.5) is 5.00 Å². The van der Waals surface area contributed by atoms with Gasteiger partial charge in [0.15, 0.2) is 0 Å². The van der Waals surface area contributed by atoms with E-state index in [1.807, 2.05) is 6.92 Å². The molecule has 0 unspecified atom stereocenters. The maximum absolute atomic E-state index is 12.6. The van der Waals surface area contributed by atoms with Crippen LogP contribution in [0.15, 0.2) is 30.5 Å². The summed E-state index contributed by atoms with van der Waals surface area (Å²) in [5, 5.41) is 7.45. The lowest BCUT2D eigenvalue weighted by Crippen LogP contribution is -2.17. The SMILES string of the molecule is CCOC(=O)c1cnn(-c2ccc(C(=O)Nc3sc(C)c(C)c3C(N)=O)cc2)c1C. The number of aromatic nitrogens is 2. The van der Waals surface area contributed by atoms with Gasteiger partial charge in [0.2, 0.25) is 0 Å². The molecule has 156 valence electrons. The van der Waals surface area contributed by atoms with Crippen molar-refractivity contribution in [2.45, 2.75) is 27.7 Å². The number of hydrogen-bond donors (Lipinski definition) is 2. The molecule has 0 spiro atoms. The summed E-state index contributed by atoms with van der Waals surface area (Å²) in [5.41, 5.74) is 8.70. The molecular formula is C21H22N4O4S. The molecule has 0 saturated heterocycles. The van der Waals surface area contributed by atoms with Gasteiger partial charge in [-0.1, -0.05) is 0 Å². The first-order chi connectivity index (χ1) is 14.2. The predicted octanol–water partition coefficient (Wildman–Crippen LogP) is 3.39. The maximum Gasteiger partial charge on any atom is 0.341 e. The van der Waals surface area contributed by atoms with Gasteiger partial charge in [-0.25, -0.2) is 9.48 Å². The predicted molar refractivity (Wildman–Crippen MR) is 115 cm³/mol. The first kappa shape index (κ1) is 21.3. The Labute approximate surface area is 177 Å². The van der Waals surface area contributed by atoms with E-state index in [-0.39, 0.29) is 12.5 Å². The Morgan fingerprint density at radius 2 is 1.83 bits per heavy atom. The summed E-state index contributed by atoms with van der Waals surface area (Å²) in [7, 11) is 0. The van der Waals surface area contributed by atoms with Gasteiger partial charge in [-0.3, -0.25) is 9.59 Å². The van der Waals surface area contributed by atoms with Crippen LogP contribution in [0, 0.1) is 20.8 Å². The van der Waals surface area contributed by atoms with Gasteiger partial charge >= 0.3 is 5.97 Å². The summed E-state index contributed by atoms with van der Waals surface area (Å²) in [4.78, 5) is 37.3. The van der Waals surface area contributed by atoms with Crippen LogP contribution in [0.1, 0.15) is 54.1 Å². The van der Waals surface area contributed by atoms with Crippen LogP contribution < -0.4 is 11.1 Å². The molecular weight excluding hydrogens is 404 g/mol. The Balaban J connectivity index is 1.82. The van der Waals surface area contributed by atoms with Crippen molar-refractivity contribution in [1.29, 1.82) is 0 Å². The summed E-state index contributed by atoms with van der Waals surface area (Å²) in [6.07, 6.45) is 1.46. The minimum Gasteiger partial charge on any atom is -0.462 e. The van der Waals surface area contributed by atoms with E-state index in [2.05, 4.69) is 10.4 Å². The van der Waals surface area contributed by atoms with Gasteiger partial charge < -0.3 is 15.8 Å². The Bertz CT molecular complexity index is 1130. The smallest absolute Gasteiger partial charge is 0.341 e. The molecule has 0 aliphatic heterocycles. The number of thiophene rings is 1. The summed E-state index contributed by atoms with van der Waals surface area (Å²) in [6, 6.07) is 6.74. The van der Waals surface area contributed by atoms with Crippen LogP contribution in [0.5, 0.6) is 0 Å². The number of esters is 1. The van der Waals surface area contributed by atoms with Gasteiger partial charge in [-0.15, -0.1) is 11.3 Å². The van der Waals surface area contributed by atoms with E-state index in [1.165, 1.54) is 17.5 Å². The molecule has 2 heterocycles. The number of nitrogens with one attached hydrogen (secondary N) is 1. The maximum atomic E-state index is 12.6. The lowest BCUT2D eigenvalue weighted by molar-refractivity contribution is 0.0525. The largest absolute Gasteiger partial charge is 0.462 e. The van der Waals surface area contributed by atoms with Gasteiger partial charge in [0.1, 0.15) is 10.6 Å². The number of aryl methyl sites for hydroxylation is 1. The monoisotopic (exact) mass is 426 g/mol. The molecule has 0 aliphatic carbocycles. The average molecular weight is 426 g/mol. The molecule has 3 rings (SSSR count). The van der Waals surface area contributed by atoms with E-state index in [0.29, 0.717) is 33.1 Å². The van der Waals surface area contributed by atoms with E-state index in [9.17, 15) is 14.4 Å². The van der Waals surface area contributed by atoms with E-state index in [4.69, 9.17) is 10.5 Å². The number of hydrogen-bond acceptors (Lipinski definition) is 6. The van der Waals surface area contributed by atoms with Crippen LogP contribution >= 0.6 is 11.3 Å². The Hall–Kier alpha value is -3.46. The van der Waals surface area contributed by atoms with Gasteiger partial charge in [-0.05, 0) is 57.5 Å². The molecule has 9 heteroatoms. The number of rotatable bonds is 6. The van der Waals surface area contributed by atoms with E-state index < -0.39 is 11.9 Å². The molecule has 0 bridgehead atoms. The van der Waals surface area contributed by atoms with Crippen molar-refractivity contribution < 1.29 is 19.1 Å². The van der Waals surface area contributed by atoms with Crippen molar-refractivity contribution in [1.82, 2.24) is 9.78 Å². The first-order valence-electron chi connectivity index (χ1n) is 9.27. The lowest BCUT2D eigenvalue weighted by Gasteiger charge is -2.08. The fourth-order valence-electron chi connectivity index (χ4n) is 3.02. The second kappa shape index (κ2) is 8.50. The van der Waals surface area contributed by atoms with Gasteiger partial charge in [-0.2, -0.15) is 5.10 Å². The molecule has 3 aromatic rings. The van der Waals surface area contributed by atoms with Crippen molar-refractivity contribution in [3.8, 4) is 5.69 Å². The number of anilines is 1. The molecule has 30 heavy (non-hydrogen) atoms. The average Bonchev–Trinajstić information content (AvgIpc) is 3.21. The van der Waals surface area contributed by atoms with Crippen LogP contribution in [0.2, 0.25) is 0 Å². The van der Waals surface area contributed by atoms with Crippen molar-refractivity contribution in [2.24, 2.45) is 5.73 Å². The summed E-state index contributed by atoms with van der Waals surface area (Å²) >= 11 is 1.31. The second-order valence-corrected chi connectivity index (χ2v) is 7.85. The molecule has 0 radical (unpaired) electrons. The molecule has 0 saturated carbocycles. The number of ether oxygens (including phenoxy) is 1. The third-order valence-electron chi connectivity index (χ3n) is 4.74. The topological polar surface area (TPSA) is 116 Å². The Morgan fingerprint density at radius 3 is 2.43 bits per heavy atom. The van der Waals surface area contributed by atoms with Crippen molar-refractivity contribution >= 4 is 34.1 Å². The molecule has 0 aliphatic rings. The zero-order chi connectivity index (χ0) is 22.0. The highest BCUT2D eigenvalue weighted by Gasteiger charge is 2.20. The minimum atomic E-state index is -0.575. The third-order valence-corrected chi connectivity index (χ3v) is 5.86. The quantitative estimate of drug-likeness (QED) is 0.586. The zero-order valence-corrected chi connectivity index (χ0v) is 17.9. The third kappa shape index (κ3) is 3.97. The Morgan fingerprint density at radius 1 is 1.17 bits per heavy atom. The fraction of sp³-hybridized carbons (Fsp3) is 0.238. The summed E-state index contributed by atoms with van der Waals surface area (Å²) in [6.45, 7) is 7.47. The zero-order valence-electron chi connectivity index (χ0n) is 17.1. The van der Waals surface area contributed by atoms with Crippen molar-refractivity contribution in [2.75, 3.05) is 11.9 Å². The van der Waals surface area contributed by atoms with E-state index >= 15 is 0 Å². The van der Waals surface area contributed by atoms with Gasteiger partial charge in [0.25, 0.3) is 11.8 Å². The summed E-state index contributed by atoms with van der Waals surface area (Å²) in [5.74, 6) is -1.35. The van der Waals surface area contributed by atoms with Crippen molar-refractivity contribution in [3.63, 3.8) is 0 Å². The number of nitrogens with zero attached hydrogens (tertiary/aromatic N) is 2. The lowest BCUT2D eigenvalue weighted by atomic mass is 10.1. The number of amides is 2. The van der Waals surface area contributed by atoms with E-state index in [1.54, 1.807) is 49.7 Å². The standard InChI is InChI=1S/C21H22N4O4S/c1-5-29-21(28)16-10-23-25(12(16)3)15-8-6-14(7-9-15)19(27)24-20-17(18(22)26)11(2)13(4)30-20/h6-10H,5H2,1-4H3,(H2,22,26)(H,24,27). The fourth-order valence-corrected chi connectivity index (χ4v) is 4.08. The minimum absolute atomic E-state index is 0.286. The van der Waals surface area contributed by atoms with Gasteiger partial charge in [0, 0.05) is 10.4 Å². The molecule has 3 N–H and O–H groups in total. The summed E-state index contributed by atoms with van der Waals surface area (Å²) < 4.78 is 6.63. The van der Waals surface area contributed by atoms with Crippen LogP contribution in [-0.4, -0.2) is 34.2 Å². The number of primary amides is 1. The van der Waals surface area contributed by atoms with Crippen LogP contribution in [0.3, 0.4) is 0 Å². The van der Waals surface area contributed by atoms with E-state index in [0.717, 1.165) is 10.4 Å². The highest BCUT2D eigenvalue weighted by Crippen LogP contribution is 2.32. The first-order valence-corrected chi connectivity index (χ1v) is 10.1. The molecule has 1 aromatic carbocycles.